The van der Waals surface area contributed by atoms with Gasteiger partial charge >= 0.3 is 0 Å². The fourth-order valence-corrected chi connectivity index (χ4v) is 4.54. The lowest BCUT2D eigenvalue weighted by Crippen LogP contribution is -2.21. The number of phenols is 2. The minimum absolute atomic E-state index is 0.139. The molecule has 2 rings (SSSR count). The van der Waals surface area contributed by atoms with Crippen LogP contribution >= 0.6 is 63.7 Å². The molecule has 2 aromatic carbocycles. The molecule has 26 heavy (non-hydrogen) atoms. The SMILES string of the molecule is CC(C)(CN=Cc1cc(Br)cc(Br)c1O)N=Cc1cc(Br)cc(Br)c1O. The van der Waals surface area contributed by atoms with E-state index in [1.54, 1.807) is 36.7 Å². The number of hydrogen-bond acceptors (Lipinski definition) is 4. The highest BCUT2D eigenvalue weighted by molar-refractivity contribution is 9.11. The van der Waals surface area contributed by atoms with Gasteiger partial charge in [0.2, 0.25) is 0 Å². The predicted octanol–water partition coefficient (Wildman–Crippen LogP) is 6.46. The molecular formula is C18H16Br4N2O2. The smallest absolute Gasteiger partial charge is 0.138 e. The van der Waals surface area contributed by atoms with Crippen LogP contribution in [0.5, 0.6) is 11.5 Å². The lowest BCUT2D eigenvalue weighted by molar-refractivity contribution is 0.470. The minimum atomic E-state index is -0.476. The van der Waals surface area contributed by atoms with E-state index in [2.05, 4.69) is 73.7 Å². The third kappa shape index (κ3) is 5.90. The summed E-state index contributed by atoms with van der Waals surface area (Å²) in [6, 6.07) is 7.12. The number of halogens is 4. The van der Waals surface area contributed by atoms with Crippen LogP contribution in [-0.4, -0.2) is 34.7 Å². The Morgan fingerprint density at radius 1 is 0.846 bits per heavy atom. The molecule has 2 N–H and O–H groups in total. The second-order valence-electron chi connectivity index (χ2n) is 6.19. The lowest BCUT2D eigenvalue weighted by atomic mass is 10.1. The van der Waals surface area contributed by atoms with E-state index in [4.69, 9.17) is 0 Å². The molecule has 0 saturated heterocycles. The first kappa shape index (κ1) is 21.6. The van der Waals surface area contributed by atoms with Crippen LogP contribution < -0.4 is 0 Å². The first-order valence-corrected chi connectivity index (χ1v) is 10.7. The van der Waals surface area contributed by atoms with Gasteiger partial charge in [-0.05, 0) is 70.0 Å². The average Bonchev–Trinajstić information content (AvgIpc) is 2.54. The second-order valence-corrected chi connectivity index (χ2v) is 9.73. The van der Waals surface area contributed by atoms with Gasteiger partial charge in [-0.2, -0.15) is 0 Å². The van der Waals surface area contributed by atoms with Gasteiger partial charge in [-0.25, -0.2) is 0 Å². The van der Waals surface area contributed by atoms with Crippen molar-refractivity contribution in [2.45, 2.75) is 19.4 Å². The maximum atomic E-state index is 10.1. The molecule has 0 fully saturated rings. The zero-order valence-corrected chi connectivity index (χ0v) is 20.3. The Morgan fingerprint density at radius 2 is 1.31 bits per heavy atom. The first-order valence-electron chi connectivity index (χ1n) is 7.50. The summed E-state index contributed by atoms with van der Waals surface area (Å²) >= 11 is 13.4. The molecule has 0 unspecified atom stereocenters. The Labute approximate surface area is 186 Å². The molecule has 0 radical (unpaired) electrons. The summed E-state index contributed by atoms with van der Waals surface area (Å²) in [4.78, 5) is 8.94. The number of rotatable bonds is 5. The van der Waals surface area contributed by atoms with Crippen molar-refractivity contribution >= 4 is 76.1 Å². The molecule has 0 aliphatic carbocycles. The number of aliphatic imine (C=N–C) groups is 2. The quantitative estimate of drug-likeness (QED) is 0.381. The van der Waals surface area contributed by atoms with Gasteiger partial charge in [0, 0.05) is 32.5 Å². The molecule has 0 aliphatic rings. The molecule has 0 amide bonds. The molecule has 8 heteroatoms. The molecule has 0 spiro atoms. The maximum absolute atomic E-state index is 10.1. The van der Waals surface area contributed by atoms with Crippen LogP contribution in [0.25, 0.3) is 0 Å². The number of benzene rings is 2. The Bertz CT molecular complexity index is 880. The maximum Gasteiger partial charge on any atom is 0.138 e. The van der Waals surface area contributed by atoms with E-state index in [0.29, 0.717) is 26.6 Å². The van der Waals surface area contributed by atoms with Crippen molar-refractivity contribution in [3.63, 3.8) is 0 Å². The zero-order chi connectivity index (χ0) is 19.5. The summed E-state index contributed by atoms with van der Waals surface area (Å²) in [5.74, 6) is 0.280. The number of hydrogen-bond donors (Lipinski definition) is 2. The van der Waals surface area contributed by atoms with Gasteiger partial charge in [0.25, 0.3) is 0 Å². The van der Waals surface area contributed by atoms with Crippen molar-refractivity contribution in [2.75, 3.05) is 6.54 Å². The summed E-state index contributed by atoms with van der Waals surface area (Å²) in [7, 11) is 0. The van der Waals surface area contributed by atoms with Gasteiger partial charge < -0.3 is 10.2 Å². The van der Waals surface area contributed by atoms with Crippen LogP contribution in [0, 0.1) is 0 Å². The highest BCUT2D eigenvalue weighted by Gasteiger charge is 2.15. The third-order valence-corrected chi connectivity index (χ3v) is 5.50. The molecule has 0 bridgehead atoms. The van der Waals surface area contributed by atoms with Crippen LogP contribution in [0.3, 0.4) is 0 Å². The largest absolute Gasteiger partial charge is 0.506 e. The van der Waals surface area contributed by atoms with Crippen molar-refractivity contribution in [3.8, 4) is 11.5 Å². The number of phenolic OH excluding ortho intramolecular Hbond substituents is 2. The van der Waals surface area contributed by atoms with Gasteiger partial charge in [0.1, 0.15) is 11.5 Å². The van der Waals surface area contributed by atoms with Crippen LogP contribution in [-0.2, 0) is 0 Å². The number of aromatic hydroxyl groups is 2. The van der Waals surface area contributed by atoms with E-state index < -0.39 is 5.54 Å². The summed E-state index contributed by atoms with van der Waals surface area (Å²) in [6.07, 6.45) is 3.25. The zero-order valence-electron chi connectivity index (χ0n) is 14.0. The van der Waals surface area contributed by atoms with Crippen LogP contribution in [0.1, 0.15) is 25.0 Å². The van der Waals surface area contributed by atoms with Gasteiger partial charge in [-0.3, -0.25) is 9.98 Å². The van der Waals surface area contributed by atoms with E-state index in [-0.39, 0.29) is 11.5 Å². The van der Waals surface area contributed by atoms with Gasteiger partial charge in [0.05, 0.1) is 21.0 Å². The number of nitrogens with zero attached hydrogens (tertiary/aromatic N) is 2. The summed E-state index contributed by atoms with van der Waals surface area (Å²) < 4.78 is 2.88. The molecule has 0 atom stereocenters. The van der Waals surface area contributed by atoms with Gasteiger partial charge in [-0.1, -0.05) is 31.9 Å². The van der Waals surface area contributed by atoms with Crippen LogP contribution in [0.15, 0.2) is 52.1 Å². The molecule has 0 saturated carbocycles. The van der Waals surface area contributed by atoms with E-state index in [1.165, 1.54) is 0 Å². The molecule has 0 aromatic heterocycles. The normalized spacial score (nSPS) is 12.4. The van der Waals surface area contributed by atoms with Gasteiger partial charge in [-0.15, -0.1) is 0 Å². The summed E-state index contributed by atoms with van der Waals surface area (Å²) in [5.41, 5.74) is 0.743. The van der Waals surface area contributed by atoms with E-state index in [0.717, 1.165) is 8.95 Å². The predicted molar refractivity (Wildman–Crippen MR) is 121 cm³/mol. The van der Waals surface area contributed by atoms with Crippen molar-refractivity contribution in [2.24, 2.45) is 9.98 Å². The highest BCUT2D eigenvalue weighted by atomic mass is 79.9. The molecule has 138 valence electrons. The standard InChI is InChI=1S/C18H16Br4N2O2/c1-18(2,24-8-11-4-13(20)6-15(22)17(11)26)9-23-7-10-3-12(19)5-14(21)16(10)25/h3-8,25-26H,9H2,1-2H3. The van der Waals surface area contributed by atoms with E-state index in [9.17, 15) is 10.2 Å². The van der Waals surface area contributed by atoms with Crippen molar-refractivity contribution in [1.29, 1.82) is 0 Å². The third-order valence-electron chi connectivity index (χ3n) is 3.38. The van der Waals surface area contributed by atoms with E-state index >= 15 is 0 Å². The van der Waals surface area contributed by atoms with Crippen LogP contribution in [0.4, 0.5) is 0 Å². The molecule has 4 nitrogen and oxygen atoms in total. The summed E-state index contributed by atoms with van der Waals surface area (Å²) in [5, 5.41) is 20.2. The Balaban J connectivity index is 2.14. The fourth-order valence-electron chi connectivity index (χ4n) is 2.02. The van der Waals surface area contributed by atoms with E-state index in [1.807, 2.05) is 13.8 Å². The monoisotopic (exact) mass is 608 g/mol. The fraction of sp³-hybridized carbons (Fsp3) is 0.222. The topological polar surface area (TPSA) is 65.2 Å². The van der Waals surface area contributed by atoms with Crippen LogP contribution in [0.2, 0.25) is 0 Å². The molecular weight excluding hydrogens is 596 g/mol. The Morgan fingerprint density at radius 3 is 1.81 bits per heavy atom. The highest BCUT2D eigenvalue weighted by Crippen LogP contribution is 2.32. The summed E-state index contributed by atoms with van der Waals surface area (Å²) in [6.45, 7) is 4.31. The second kappa shape index (κ2) is 8.99. The molecule has 0 aliphatic heterocycles. The lowest BCUT2D eigenvalue weighted by Gasteiger charge is -2.17. The van der Waals surface area contributed by atoms with Crippen molar-refractivity contribution < 1.29 is 10.2 Å². The van der Waals surface area contributed by atoms with Crippen molar-refractivity contribution in [3.05, 3.63) is 53.3 Å². The van der Waals surface area contributed by atoms with Crippen molar-refractivity contribution in [1.82, 2.24) is 0 Å². The molecule has 2 aromatic rings. The van der Waals surface area contributed by atoms with Gasteiger partial charge in [0.15, 0.2) is 0 Å². The average molecular weight is 612 g/mol. The minimum Gasteiger partial charge on any atom is -0.506 e. The Hall–Kier alpha value is -0.700. The molecule has 0 heterocycles. The Kier molecular flexibility index (Phi) is 7.47. The first-order chi connectivity index (χ1) is 12.1.